The summed E-state index contributed by atoms with van der Waals surface area (Å²) in [6, 6.07) is 6.00. The van der Waals surface area contributed by atoms with Gasteiger partial charge in [0.05, 0.1) is 13.7 Å². The molecule has 0 atom stereocenters. The first-order valence-electron chi connectivity index (χ1n) is 7.52. The summed E-state index contributed by atoms with van der Waals surface area (Å²) in [5.74, 6) is 7.65. The Bertz CT molecular complexity index is 486. The van der Waals surface area contributed by atoms with Crippen LogP contribution in [-0.2, 0) is 6.54 Å². The van der Waals surface area contributed by atoms with E-state index >= 15 is 0 Å². The van der Waals surface area contributed by atoms with E-state index in [2.05, 4.69) is 43.7 Å². The third-order valence-electron chi connectivity index (χ3n) is 3.28. The molecule has 0 heterocycles. The van der Waals surface area contributed by atoms with Gasteiger partial charge in [-0.15, -0.1) is 0 Å². The largest absolute Gasteiger partial charge is 0.496 e. The Kier molecular flexibility index (Phi) is 7.89. The van der Waals surface area contributed by atoms with E-state index in [9.17, 15) is 0 Å². The highest BCUT2D eigenvalue weighted by Crippen LogP contribution is 2.21. The lowest BCUT2D eigenvalue weighted by Gasteiger charge is -2.19. The molecule has 0 spiro atoms. The van der Waals surface area contributed by atoms with Crippen molar-refractivity contribution >= 4 is 0 Å². The lowest BCUT2D eigenvalue weighted by molar-refractivity contribution is 0.297. The molecule has 116 valence electrons. The Morgan fingerprint density at radius 2 is 2.10 bits per heavy atom. The van der Waals surface area contributed by atoms with Gasteiger partial charge in [0.1, 0.15) is 5.75 Å². The normalized spacial score (nSPS) is 10.6. The smallest absolute Gasteiger partial charge is 0.123 e. The van der Waals surface area contributed by atoms with Crippen LogP contribution in [0.4, 0.5) is 0 Å². The Morgan fingerprint density at radius 1 is 1.33 bits per heavy atom. The number of hydrogen-bond donors (Lipinski definition) is 1. The molecule has 0 radical (unpaired) electrons. The number of hydrogen-bond acceptors (Lipinski definition) is 3. The lowest BCUT2D eigenvalue weighted by Crippen LogP contribution is -2.20. The second-order valence-corrected chi connectivity index (χ2v) is 5.72. The molecule has 0 saturated carbocycles. The first-order chi connectivity index (χ1) is 10.1. The Balaban J connectivity index is 2.78. The van der Waals surface area contributed by atoms with E-state index in [1.165, 1.54) is 6.42 Å². The van der Waals surface area contributed by atoms with E-state index in [1.54, 1.807) is 7.11 Å². The summed E-state index contributed by atoms with van der Waals surface area (Å²) in [5, 5.41) is 8.77. The second-order valence-electron chi connectivity index (χ2n) is 5.72. The first kappa shape index (κ1) is 17.6. The van der Waals surface area contributed by atoms with Crippen molar-refractivity contribution in [2.75, 3.05) is 27.3 Å². The van der Waals surface area contributed by atoms with Gasteiger partial charge >= 0.3 is 0 Å². The average Bonchev–Trinajstić information content (AvgIpc) is 2.46. The van der Waals surface area contributed by atoms with Crippen molar-refractivity contribution in [3.8, 4) is 17.6 Å². The van der Waals surface area contributed by atoms with E-state index in [0.717, 1.165) is 30.0 Å². The number of aliphatic hydroxyl groups is 1. The zero-order chi connectivity index (χ0) is 15.7. The van der Waals surface area contributed by atoms with Crippen LogP contribution in [0.2, 0.25) is 0 Å². The third kappa shape index (κ3) is 6.66. The van der Waals surface area contributed by atoms with Crippen LogP contribution in [0.5, 0.6) is 5.75 Å². The quantitative estimate of drug-likeness (QED) is 0.783. The van der Waals surface area contributed by atoms with Crippen LogP contribution in [-0.4, -0.2) is 37.3 Å². The molecule has 1 N–H and O–H groups in total. The van der Waals surface area contributed by atoms with Crippen molar-refractivity contribution in [2.45, 2.75) is 33.2 Å². The predicted octanol–water partition coefficient (Wildman–Crippen LogP) is 2.91. The van der Waals surface area contributed by atoms with Crippen LogP contribution in [0.3, 0.4) is 0 Å². The summed E-state index contributed by atoms with van der Waals surface area (Å²) in [4.78, 5) is 2.31. The minimum atomic E-state index is 0.105. The molecule has 0 bridgehead atoms. The summed E-state index contributed by atoms with van der Waals surface area (Å²) < 4.78 is 5.44. The molecule has 3 nitrogen and oxygen atoms in total. The van der Waals surface area contributed by atoms with Crippen molar-refractivity contribution in [3.63, 3.8) is 0 Å². The number of methoxy groups -OCH3 is 1. The van der Waals surface area contributed by atoms with Gasteiger partial charge in [0, 0.05) is 24.1 Å². The SMILES string of the molecule is COc1ccc(C#CCCO)cc1CN(C)CCC(C)C. The maximum absolute atomic E-state index is 8.77. The molecule has 0 saturated heterocycles. The summed E-state index contributed by atoms with van der Waals surface area (Å²) >= 11 is 0. The Labute approximate surface area is 128 Å². The van der Waals surface area contributed by atoms with E-state index < -0.39 is 0 Å². The van der Waals surface area contributed by atoms with E-state index in [-0.39, 0.29) is 6.61 Å². The molecule has 1 aromatic rings. The number of nitrogens with zero attached hydrogens (tertiary/aromatic N) is 1. The maximum Gasteiger partial charge on any atom is 0.123 e. The van der Waals surface area contributed by atoms with Gasteiger partial charge in [-0.3, -0.25) is 0 Å². The van der Waals surface area contributed by atoms with Crippen molar-refractivity contribution in [2.24, 2.45) is 5.92 Å². The van der Waals surface area contributed by atoms with Gasteiger partial charge in [0.15, 0.2) is 0 Å². The number of rotatable bonds is 7. The molecule has 0 aliphatic carbocycles. The summed E-state index contributed by atoms with van der Waals surface area (Å²) in [7, 11) is 3.83. The van der Waals surface area contributed by atoms with Gasteiger partial charge in [-0.1, -0.05) is 25.7 Å². The maximum atomic E-state index is 8.77. The highest BCUT2D eigenvalue weighted by molar-refractivity contribution is 5.44. The Hall–Kier alpha value is -1.50. The van der Waals surface area contributed by atoms with Crippen LogP contribution in [0.25, 0.3) is 0 Å². The molecule has 0 amide bonds. The fourth-order valence-corrected chi connectivity index (χ4v) is 2.05. The molecule has 0 aliphatic rings. The van der Waals surface area contributed by atoms with Crippen molar-refractivity contribution < 1.29 is 9.84 Å². The third-order valence-corrected chi connectivity index (χ3v) is 3.28. The highest BCUT2D eigenvalue weighted by Gasteiger charge is 2.08. The van der Waals surface area contributed by atoms with Gasteiger partial charge in [0.25, 0.3) is 0 Å². The van der Waals surface area contributed by atoms with Crippen molar-refractivity contribution in [1.82, 2.24) is 4.90 Å². The molecular weight excluding hydrogens is 262 g/mol. The van der Waals surface area contributed by atoms with Crippen LogP contribution in [0.1, 0.15) is 37.8 Å². The molecule has 0 aliphatic heterocycles. The second kappa shape index (κ2) is 9.44. The zero-order valence-electron chi connectivity index (χ0n) is 13.6. The Morgan fingerprint density at radius 3 is 2.71 bits per heavy atom. The van der Waals surface area contributed by atoms with Crippen molar-refractivity contribution in [3.05, 3.63) is 29.3 Å². The van der Waals surface area contributed by atoms with E-state index in [4.69, 9.17) is 9.84 Å². The molecule has 21 heavy (non-hydrogen) atoms. The van der Waals surface area contributed by atoms with Crippen LogP contribution < -0.4 is 4.74 Å². The fourth-order valence-electron chi connectivity index (χ4n) is 2.05. The zero-order valence-corrected chi connectivity index (χ0v) is 13.6. The van der Waals surface area contributed by atoms with Gasteiger partial charge < -0.3 is 14.7 Å². The summed E-state index contributed by atoms with van der Waals surface area (Å²) in [6.07, 6.45) is 1.70. The van der Waals surface area contributed by atoms with Crippen LogP contribution in [0.15, 0.2) is 18.2 Å². The summed E-state index contributed by atoms with van der Waals surface area (Å²) in [5.41, 5.74) is 2.12. The number of aliphatic hydroxyl groups excluding tert-OH is 1. The minimum Gasteiger partial charge on any atom is -0.496 e. The lowest BCUT2D eigenvalue weighted by atomic mass is 10.1. The minimum absolute atomic E-state index is 0.105. The van der Waals surface area contributed by atoms with Gasteiger partial charge in [0.2, 0.25) is 0 Å². The molecule has 0 fully saturated rings. The molecule has 0 aromatic heterocycles. The topological polar surface area (TPSA) is 32.7 Å². The number of ether oxygens (including phenoxy) is 1. The fraction of sp³-hybridized carbons (Fsp3) is 0.556. The van der Waals surface area contributed by atoms with Gasteiger partial charge in [-0.05, 0) is 44.1 Å². The van der Waals surface area contributed by atoms with Crippen molar-refractivity contribution in [1.29, 1.82) is 0 Å². The molecule has 3 heteroatoms. The standard InChI is InChI=1S/C18H27NO2/c1-15(2)10-11-19(3)14-17-13-16(7-5-6-12-20)8-9-18(17)21-4/h8-9,13,15,20H,6,10-12,14H2,1-4H3. The highest BCUT2D eigenvalue weighted by atomic mass is 16.5. The first-order valence-corrected chi connectivity index (χ1v) is 7.52. The van der Waals surface area contributed by atoms with Crippen LogP contribution >= 0.6 is 0 Å². The molecule has 1 aromatic carbocycles. The predicted molar refractivity (Wildman–Crippen MR) is 87.4 cm³/mol. The van der Waals surface area contributed by atoms with Crippen LogP contribution in [0, 0.1) is 17.8 Å². The van der Waals surface area contributed by atoms with Gasteiger partial charge in [-0.2, -0.15) is 0 Å². The van der Waals surface area contributed by atoms with E-state index in [1.807, 2.05) is 12.1 Å². The molecular formula is C18H27NO2. The molecule has 0 unspecified atom stereocenters. The van der Waals surface area contributed by atoms with E-state index in [0.29, 0.717) is 12.3 Å². The van der Waals surface area contributed by atoms with Gasteiger partial charge in [-0.25, -0.2) is 0 Å². The number of benzene rings is 1. The molecule has 1 rings (SSSR count). The average molecular weight is 289 g/mol. The monoisotopic (exact) mass is 289 g/mol. The summed E-state index contributed by atoms with van der Waals surface area (Å²) in [6.45, 7) is 6.51.